The van der Waals surface area contributed by atoms with Gasteiger partial charge in [-0.2, -0.15) is 0 Å². The van der Waals surface area contributed by atoms with E-state index in [1.807, 2.05) is 32.0 Å². The van der Waals surface area contributed by atoms with Crippen molar-refractivity contribution in [3.8, 4) is 5.75 Å². The Morgan fingerprint density at radius 2 is 2.05 bits per heavy atom. The fourth-order valence-corrected chi connectivity index (χ4v) is 1.92. The second-order valence-electron chi connectivity index (χ2n) is 5.81. The first-order valence-corrected chi connectivity index (χ1v) is 7.12. The first-order chi connectivity index (χ1) is 9.42. The fourth-order valence-electron chi connectivity index (χ4n) is 1.92. The van der Waals surface area contributed by atoms with E-state index in [1.54, 1.807) is 0 Å². The summed E-state index contributed by atoms with van der Waals surface area (Å²) in [5.74, 6) is 1.64. The molecule has 1 unspecified atom stereocenters. The summed E-state index contributed by atoms with van der Waals surface area (Å²) in [6.45, 7) is 8.78. The summed E-state index contributed by atoms with van der Waals surface area (Å²) in [5.41, 5.74) is 6.53. The van der Waals surface area contributed by atoms with Crippen LogP contribution in [0.4, 0.5) is 0 Å². The Labute approximate surface area is 121 Å². The van der Waals surface area contributed by atoms with Gasteiger partial charge in [-0.25, -0.2) is 0 Å². The van der Waals surface area contributed by atoms with Crippen molar-refractivity contribution < 1.29 is 9.94 Å². The minimum absolute atomic E-state index is 0.233. The maximum atomic E-state index is 8.76. The number of oxime groups is 1. The van der Waals surface area contributed by atoms with E-state index in [-0.39, 0.29) is 11.3 Å². The van der Waals surface area contributed by atoms with Crippen molar-refractivity contribution in [2.45, 2.75) is 46.5 Å². The lowest BCUT2D eigenvalue weighted by Gasteiger charge is -2.23. The summed E-state index contributed by atoms with van der Waals surface area (Å²) in [7, 11) is 0. The van der Waals surface area contributed by atoms with Gasteiger partial charge in [0.15, 0.2) is 0 Å². The molecular formula is C16H26N2O2. The van der Waals surface area contributed by atoms with Crippen LogP contribution in [0.1, 0.15) is 52.0 Å². The number of hydrogen-bond donors (Lipinski definition) is 2. The van der Waals surface area contributed by atoms with Crippen LogP contribution in [-0.4, -0.2) is 17.6 Å². The van der Waals surface area contributed by atoms with E-state index in [9.17, 15) is 0 Å². The fraction of sp³-hybridized carbons (Fsp3) is 0.562. The molecule has 0 amide bonds. The zero-order chi connectivity index (χ0) is 15.2. The van der Waals surface area contributed by atoms with Crippen molar-refractivity contribution in [1.82, 2.24) is 0 Å². The van der Waals surface area contributed by atoms with Gasteiger partial charge in [-0.05, 0) is 30.4 Å². The number of rotatable bonds is 7. The number of nitrogens with two attached hydrogens (primary N) is 1. The van der Waals surface area contributed by atoms with Crippen molar-refractivity contribution in [1.29, 1.82) is 0 Å². The van der Waals surface area contributed by atoms with Crippen LogP contribution < -0.4 is 10.5 Å². The summed E-state index contributed by atoms with van der Waals surface area (Å²) >= 11 is 0. The second kappa shape index (κ2) is 7.17. The quantitative estimate of drug-likeness (QED) is 0.345. The first-order valence-electron chi connectivity index (χ1n) is 7.12. The lowest BCUT2D eigenvalue weighted by Crippen LogP contribution is -2.33. The largest absolute Gasteiger partial charge is 0.493 e. The van der Waals surface area contributed by atoms with Gasteiger partial charge < -0.3 is 15.7 Å². The van der Waals surface area contributed by atoms with E-state index >= 15 is 0 Å². The van der Waals surface area contributed by atoms with Crippen molar-refractivity contribution >= 4 is 5.84 Å². The van der Waals surface area contributed by atoms with Crippen molar-refractivity contribution in [3.63, 3.8) is 0 Å². The SMILES string of the molecule is CCC(C)c1ccccc1OCCC(C)(C)C(N)=NO. The second-order valence-corrected chi connectivity index (χ2v) is 5.81. The van der Waals surface area contributed by atoms with Gasteiger partial charge in [-0.1, -0.05) is 51.0 Å². The zero-order valence-electron chi connectivity index (χ0n) is 12.9. The third-order valence-electron chi connectivity index (χ3n) is 3.85. The molecule has 4 heteroatoms. The molecule has 1 aromatic rings. The van der Waals surface area contributed by atoms with Gasteiger partial charge in [0.1, 0.15) is 11.6 Å². The van der Waals surface area contributed by atoms with Crippen LogP contribution in [0, 0.1) is 5.41 Å². The highest BCUT2D eigenvalue weighted by Gasteiger charge is 2.23. The third-order valence-corrected chi connectivity index (χ3v) is 3.85. The zero-order valence-corrected chi connectivity index (χ0v) is 12.9. The van der Waals surface area contributed by atoms with Gasteiger partial charge in [0.25, 0.3) is 0 Å². The molecule has 1 atom stereocenters. The molecule has 4 nitrogen and oxygen atoms in total. The molecular weight excluding hydrogens is 252 g/mol. The Morgan fingerprint density at radius 3 is 2.65 bits per heavy atom. The van der Waals surface area contributed by atoms with Crippen LogP contribution in [0.2, 0.25) is 0 Å². The summed E-state index contributed by atoms with van der Waals surface area (Å²) in [4.78, 5) is 0. The minimum Gasteiger partial charge on any atom is -0.493 e. The van der Waals surface area contributed by atoms with Gasteiger partial charge in [0.2, 0.25) is 0 Å². The number of para-hydroxylation sites is 1. The lowest BCUT2D eigenvalue weighted by atomic mass is 9.88. The van der Waals surface area contributed by atoms with Crippen molar-refractivity contribution in [3.05, 3.63) is 29.8 Å². The number of amidine groups is 1. The Kier molecular flexibility index (Phi) is 5.86. The number of benzene rings is 1. The molecule has 0 aliphatic heterocycles. The topological polar surface area (TPSA) is 67.8 Å². The predicted molar refractivity (Wildman–Crippen MR) is 82.4 cm³/mol. The average Bonchev–Trinajstić information content (AvgIpc) is 2.45. The lowest BCUT2D eigenvalue weighted by molar-refractivity contribution is 0.257. The first kappa shape index (κ1) is 16.3. The highest BCUT2D eigenvalue weighted by Crippen LogP contribution is 2.29. The molecule has 3 N–H and O–H groups in total. The summed E-state index contributed by atoms with van der Waals surface area (Å²) in [6, 6.07) is 8.13. The highest BCUT2D eigenvalue weighted by molar-refractivity contribution is 5.85. The van der Waals surface area contributed by atoms with E-state index in [2.05, 4.69) is 25.1 Å². The molecule has 0 fully saturated rings. The van der Waals surface area contributed by atoms with Crippen LogP contribution in [0.25, 0.3) is 0 Å². The summed E-state index contributed by atoms with van der Waals surface area (Å²) in [6.07, 6.45) is 1.77. The monoisotopic (exact) mass is 278 g/mol. The Balaban J connectivity index is 2.67. The Hall–Kier alpha value is -1.71. The van der Waals surface area contributed by atoms with Crippen LogP contribution in [0.15, 0.2) is 29.4 Å². The molecule has 0 bridgehead atoms. The van der Waals surface area contributed by atoms with Crippen LogP contribution >= 0.6 is 0 Å². The van der Waals surface area contributed by atoms with Crippen LogP contribution in [0.5, 0.6) is 5.75 Å². The molecule has 0 saturated heterocycles. The number of hydrogen-bond acceptors (Lipinski definition) is 3. The molecule has 0 aliphatic carbocycles. The molecule has 112 valence electrons. The minimum atomic E-state index is -0.375. The van der Waals surface area contributed by atoms with E-state index in [1.165, 1.54) is 5.56 Å². The molecule has 1 aromatic carbocycles. The standard InChI is InChI=1S/C16H26N2O2/c1-5-12(2)13-8-6-7-9-14(13)20-11-10-16(3,4)15(17)18-19/h6-9,12,19H,5,10-11H2,1-4H3,(H2,17,18). The Bertz CT molecular complexity index is 456. The smallest absolute Gasteiger partial charge is 0.144 e. The molecule has 0 aromatic heterocycles. The molecule has 0 aliphatic rings. The summed E-state index contributed by atoms with van der Waals surface area (Å²) < 4.78 is 5.90. The Morgan fingerprint density at radius 1 is 1.40 bits per heavy atom. The van der Waals surface area contributed by atoms with E-state index in [0.717, 1.165) is 12.2 Å². The molecule has 20 heavy (non-hydrogen) atoms. The van der Waals surface area contributed by atoms with Gasteiger partial charge >= 0.3 is 0 Å². The third kappa shape index (κ3) is 4.15. The van der Waals surface area contributed by atoms with Gasteiger partial charge in [0, 0.05) is 5.41 Å². The van der Waals surface area contributed by atoms with Gasteiger partial charge in [0.05, 0.1) is 6.61 Å². The van der Waals surface area contributed by atoms with E-state index in [0.29, 0.717) is 18.9 Å². The number of ether oxygens (including phenoxy) is 1. The molecule has 1 rings (SSSR count). The molecule has 0 radical (unpaired) electrons. The van der Waals surface area contributed by atoms with E-state index < -0.39 is 0 Å². The molecule has 0 saturated carbocycles. The number of nitrogens with zero attached hydrogens (tertiary/aromatic N) is 1. The van der Waals surface area contributed by atoms with Gasteiger partial charge in [-0.15, -0.1) is 0 Å². The van der Waals surface area contributed by atoms with Crippen molar-refractivity contribution in [2.24, 2.45) is 16.3 Å². The van der Waals surface area contributed by atoms with Gasteiger partial charge in [-0.3, -0.25) is 0 Å². The van der Waals surface area contributed by atoms with Crippen LogP contribution in [0.3, 0.4) is 0 Å². The molecule has 0 heterocycles. The maximum Gasteiger partial charge on any atom is 0.144 e. The highest BCUT2D eigenvalue weighted by atomic mass is 16.5. The normalized spacial score (nSPS) is 14.1. The molecule has 0 spiro atoms. The van der Waals surface area contributed by atoms with Crippen LogP contribution in [-0.2, 0) is 0 Å². The van der Waals surface area contributed by atoms with Crippen molar-refractivity contribution in [2.75, 3.05) is 6.61 Å². The average molecular weight is 278 g/mol. The summed E-state index contributed by atoms with van der Waals surface area (Å²) in [5, 5.41) is 11.8. The predicted octanol–water partition coefficient (Wildman–Crippen LogP) is 3.74. The van der Waals surface area contributed by atoms with E-state index in [4.69, 9.17) is 15.7 Å². The maximum absolute atomic E-state index is 8.76.